The number of benzene rings is 1. The molecule has 0 saturated heterocycles. The van der Waals surface area contributed by atoms with Crippen LogP contribution in [-0.2, 0) is 13.8 Å². The van der Waals surface area contributed by atoms with Gasteiger partial charge in [0.2, 0.25) is 5.91 Å². The van der Waals surface area contributed by atoms with Crippen LogP contribution < -0.4 is 5.32 Å². The summed E-state index contributed by atoms with van der Waals surface area (Å²) >= 11 is 0. The van der Waals surface area contributed by atoms with E-state index in [0.717, 1.165) is 12.1 Å². The molecule has 1 aromatic carbocycles. The Hall–Kier alpha value is -1.28. The Labute approximate surface area is 112 Å². The number of halogens is 4. The summed E-state index contributed by atoms with van der Waals surface area (Å²) in [6.45, 7) is 0. The first-order valence-corrected chi connectivity index (χ1v) is 7.30. The highest BCUT2D eigenvalue weighted by molar-refractivity contribution is 8.13. The third kappa shape index (κ3) is 5.93. The lowest BCUT2D eigenvalue weighted by Gasteiger charge is -2.07. The molecule has 0 fully saturated rings. The van der Waals surface area contributed by atoms with E-state index in [1.54, 1.807) is 0 Å². The molecule has 9 heteroatoms. The lowest BCUT2D eigenvalue weighted by molar-refractivity contribution is -0.142. The molecule has 0 aliphatic heterocycles. The van der Waals surface area contributed by atoms with E-state index >= 15 is 0 Å². The molecular weight excluding hydrogens is 307 g/mol. The van der Waals surface area contributed by atoms with E-state index < -0.39 is 34.0 Å². The highest BCUT2D eigenvalue weighted by Gasteiger charge is 2.27. The summed E-state index contributed by atoms with van der Waals surface area (Å²) in [6.07, 6.45) is -6.31. The summed E-state index contributed by atoms with van der Waals surface area (Å²) in [4.78, 5) is 11.0. The van der Waals surface area contributed by atoms with Crippen LogP contribution in [0.25, 0.3) is 0 Å². The molecule has 0 spiro atoms. The fraction of sp³-hybridized carbons (Fsp3) is 0.300. The summed E-state index contributed by atoms with van der Waals surface area (Å²) in [5.41, 5.74) is 0.191. The molecule has 1 rings (SSSR count). The van der Waals surface area contributed by atoms with Crippen LogP contribution in [-0.4, -0.2) is 20.5 Å². The maximum Gasteiger partial charge on any atom is 0.389 e. The zero-order chi connectivity index (χ0) is 14.7. The van der Waals surface area contributed by atoms with Gasteiger partial charge in [-0.05, 0) is 24.3 Å². The Morgan fingerprint density at radius 1 is 1.21 bits per heavy atom. The highest BCUT2D eigenvalue weighted by atomic mass is 35.7. The van der Waals surface area contributed by atoms with Gasteiger partial charge in [-0.1, -0.05) is 0 Å². The molecule has 4 nitrogen and oxygen atoms in total. The van der Waals surface area contributed by atoms with E-state index in [4.69, 9.17) is 10.7 Å². The van der Waals surface area contributed by atoms with Crippen molar-refractivity contribution in [3.8, 4) is 0 Å². The molecule has 0 unspecified atom stereocenters. The van der Waals surface area contributed by atoms with Gasteiger partial charge in [0.25, 0.3) is 9.05 Å². The molecule has 0 heterocycles. The minimum absolute atomic E-state index is 0.164. The molecule has 0 atom stereocenters. The molecule has 1 amide bonds. The summed E-state index contributed by atoms with van der Waals surface area (Å²) in [6, 6.07) is 4.75. The van der Waals surface area contributed by atoms with Gasteiger partial charge in [0.1, 0.15) is 0 Å². The largest absolute Gasteiger partial charge is 0.389 e. The van der Waals surface area contributed by atoms with Crippen LogP contribution in [0.3, 0.4) is 0 Å². The van der Waals surface area contributed by atoms with Crippen molar-refractivity contribution in [1.29, 1.82) is 0 Å². The first-order valence-electron chi connectivity index (χ1n) is 4.99. The van der Waals surface area contributed by atoms with E-state index in [1.807, 2.05) is 0 Å². The Bertz CT molecular complexity index is 554. The van der Waals surface area contributed by atoms with E-state index in [1.165, 1.54) is 12.1 Å². The van der Waals surface area contributed by atoms with Crippen LogP contribution >= 0.6 is 10.7 Å². The number of nitrogens with one attached hydrogen (secondary N) is 1. The molecule has 0 bridgehead atoms. The van der Waals surface area contributed by atoms with Crippen LogP contribution in [0.1, 0.15) is 12.8 Å². The fourth-order valence-corrected chi connectivity index (χ4v) is 1.95. The standard InChI is InChI=1S/C10H9ClF3NO3S/c11-19(17,18)8-3-1-7(2-4-8)15-9(16)5-6-10(12,13)14/h1-4H,5-6H2,(H,15,16). The SMILES string of the molecule is O=C(CCC(F)(F)F)Nc1ccc(S(=O)(=O)Cl)cc1. The molecule has 0 saturated carbocycles. The second-order valence-electron chi connectivity index (χ2n) is 3.63. The lowest BCUT2D eigenvalue weighted by atomic mass is 10.2. The van der Waals surface area contributed by atoms with Gasteiger partial charge in [0.05, 0.1) is 11.3 Å². The number of hydrogen-bond donors (Lipinski definition) is 1. The second-order valence-corrected chi connectivity index (χ2v) is 6.19. The summed E-state index contributed by atoms with van der Waals surface area (Å²) in [5, 5.41) is 2.22. The average molecular weight is 316 g/mol. The van der Waals surface area contributed by atoms with Gasteiger partial charge in [-0.3, -0.25) is 4.79 Å². The van der Waals surface area contributed by atoms with E-state index in [-0.39, 0.29) is 10.6 Å². The van der Waals surface area contributed by atoms with Crippen LogP contribution in [0, 0.1) is 0 Å². The normalized spacial score (nSPS) is 12.2. The predicted molar refractivity (Wildman–Crippen MR) is 63.4 cm³/mol. The molecule has 0 aliphatic rings. The van der Waals surface area contributed by atoms with Gasteiger partial charge in [-0.25, -0.2) is 8.42 Å². The van der Waals surface area contributed by atoms with Gasteiger partial charge in [0.15, 0.2) is 0 Å². The quantitative estimate of drug-likeness (QED) is 0.869. The minimum Gasteiger partial charge on any atom is -0.326 e. The van der Waals surface area contributed by atoms with E-state index in [9.17, 15) is 26.4 Å². The maximum absolute atomic E-state index is 11.9. The van der Waals surface area contributed by atoms with Crippen molar-refractivity contribution in [2.24, 2.45) is 0 Å². The minimum atomic E-state index is -4.39. The van der Waals surface area contributed by atoms with E-state index in [2.05, 4.69) is 5.32 Å². The van der Waals surface area contributed by atoms with E-state index in [0.29, 0.717) is 0 Å². The van der Waals surface area contributed by atoms with Crippen LogP contribution in [0.4, 0.5) is 18.9 Å². The zero-order valence-corrected chi connectivity index (χ0v) is 10.9. The number of hydrogen-bond acceptors (Lipinski definition) is 3. The van der Waals surface area contributed by atoms with Gasteiger partial charge in [-0.2, -0.15) is 13.2 Å². The van der Waals surface area contributed by atoms with Gasteiger partial charge in [-0.15, -0.1) is 0 Å². The van der Waals surface area contributed by atoms with Gasteiger partial charge < -0.3 is 5.32 Å². The number of anilines is 1. The maximum atomic E-state index is 11.9. The van der Waals surface area contributed by atoms with Crippen molar-refractivity contribution in [1.82, 2.24) is 0 Å². The average Bonchev–Trinajstić information content (AvgIpc) is 2.25. The molecule has 0 aliphatic carbocycles. The third-order valence-corrected chi connectivity index (χ3v) is 3.42. The van der Waals surface area contributed by atoms with Crippen LogP contribution in [0.5, 0.6) is 0 Å². The van der Waals surface area contributed by atoms with Gasteiger partial charge in [0, 0.05) is 22.8 Å². The molecule has 1 N–H and O–H groups in total. The Balaban J connectivity index is 2.61. The molecule has 1 aromatic rings. The molecule has 0 radical (unpaired) electrons. The van der Waals surface area contributed by atoms with Crippen molar-refractivity contribution in [2.75, 3.05) is 5.32 Å². The van der Waals surface area contributed by atoms with Crippen molar-refractivity contribution < 1.29 is 26.4 Å². The Kier molecular flexibility index (Phi) is 4.81. The number of carbonyl (C=O) groups is 1. The Morgan fingerprint density at radius 2 is 1.74 bits per heavy atom. The second kappa shape index (κ2) is 5.79. The lowest BCUT2D eigenvalue weighted by Crippen LogP contribution is -2.16. The summed E-state index contributed by atoms with van der Waals surface area (Å²) < 4.78 is 57.5. The third-order valence-electron chi connectivity index (χ3n) is 2.06. The summed E-state index contributed by atoms with van der Waals surface area (Å²) in [5.74, 6) is -0.807. The number of amides is 1. The number of alkyl halides is 3. The number of rotatable bonds is 4. The Morgan fingerprint density at radius 3 is 2.16 bits per heavy atom. The first kappa shape index (κ1) is 15.8. The molecule has 0 aromatic heterocycles. The summed E-state index contributed by atoms with van der Waals surface area (Å²) in [7, 11) is 1.21. The fourth-order valence-electron chi connectivity index (χ4n) is 1.18. The van der Waals surface area contributed by atoms with Crippen molar-refractivity contribution in [3.05, 3.63) is 24.3 Å². The highest BCUT2D eigenvalue weighted by Crippen LogP contribution is 2.22. The first-order chi connectivity index (χ1) is 8.58. The van der Waals surface area contributed by atoms with Crippen molar-refractivity contribution in [2.45, 2.75) is 23.9 Å². The van der Waals surface area contributed by atoms with Crippen LogP contribution in [0.15, 0.2) is 29.2 Å². The van der Waals surface area contributed by atoms with Crippen LogP contribution in [0.2, 0.25) is 0 Å². The molecule has 19 heavy (non-hydrogen) atoms. The smallest absolute Gasteiger partial charge is 0.326 e. The predicted octanol–water partition coefficient (Wildman–Crippen LogP) is 2.90. The van der Waals surface area contributed by atoms with Crippen molar-refractivity contribution in [3.63, 3.8) is 0 Å². The molecular formula is C10H9ClF3NO3S. The van der Waals surface area contributed by atoms with Gasteiger partial charge >= 0.3 is 6.18 Å². The zero-order valence-electron chi connectivity index (χ0n) is 9.37. The topological polar surface area (TPSA) is 63.2 Å². The number of carbonyl (C=O) groups excluding carboxylic acids is 1. The monoisotopic (exact) mass is 315 g/mol. The van der Waals surface area contributed by atoms with Crippen molar-refractivity contribution >= 4 is 31.3 Å². The molecule has 106 valence electrons.